The van der Waals surface area contributed by atoms with E-state index in [1.807, 2.05) is 26.0 Å². The number of nitrogens with zero attached hydrogens (tertiary/aromatic N) is 1. The highest BCUT2D eigenvalue weighted by Crippen LogP contribution is 2.25. The first-order chi connectivity index (χ1) is 8.63. The van der Waals surface area contributed by atoms with Gasteiger partial charge in [0.2, 0.25) is 0 Å². The first kappa shape index (κ1) is 12.4. The monoisotopic (exact) mass is 244 g/mol. The quantitative estimate of drug-likeness (QED) is 0.845. The Kier molecular flexibility index (Phi) is 3.46. The lowest BCUT2D eigenvalue weighted by atomic mass is 10.0. The minimum Gasteiger partial charge on any atom is -0.462 e. The van der Waals surface area contributed by atoms with E-state index in [0.29, 0.717) is 12.2 Å². The highest BCUT2D eigenvalue weighted by molar-refractivity contribution is 5.90. The molecular weight excluding hydrogens is 228 g/mol. The molecule has 0 spiro atoms. The molecule has 0 saturated heterocycles. The maximum atomic E-state index is 11.5. The molecule has 1 aromatic carbocycles. The van der Waals surface area contributed by atoms with E-state index in [2.05, 4.69) is 10.2 Å². The average Bonchev–Trinajstić information content (AvgIpc) is 2.70. The SMILES string of the molecule is CCOC(=O)c1ccc(-c2c(C)n[nH]c2C)cc1. The highest BCUT2D eigenvalue weighted by atomic mass is 16.5. The predicted molar refractivity (Wildman–Crippen MR) is 69.5 cm³/mol. The van der Waals surface area contributed by atoms with Crippen LogP contribution in [0.5, 0.6) is 0 Å². The van der Waals surface area contributed by atoms with Gasteiger partial charge in [-0.05, 0) is 38.5 Å². The molecule has 1 aromatic heterocycles. The molecule has 0 aliphatic carbocycles. The van der Waals surface area contributed by atoms with Gasteiger partial charge in [0.15, 0.2) is 0 Å². The zero-order valence-corrected chi connectivity index (χ0v) is 10.8. The van der Waals surface area contributed by atoms with Crippen molar-refractivity contribution in [3.63, 3.8) is 0 Å². The number of rotatable bonds is 3. The number of H-pyrrole nitrogens is 1. The number of hydrogen-bond acceptors (Lipinski definition) is 3. The van der Waals surface area contributed by atoms with Crippen LogP contribution in [-0.2, 0) is 4.74 Å². The fraction of sp³-hybridized carbons (Fsp3) is 0.286. The van der Waals surface area contributed by atoms with Crippen molar-refractivity contribution in [3.8, 4) is 11.1 Å². The molecule has 1 N–H and O–H groups in total. The van der Waals surface area contributed by atoms with E-state index in [9.17, 15) is 4.79 Å². The number of esters is 1. The van der Waals surface area contributed by atoms with Gasteiger partial charge in [0.1, 0.15) is 0 Å². The zero-order chi connectivity index (χ0) is 13.1. The Morgan fingerprint density at radius 2 is 1.94 bits per heavy atom. The van der Waals surface area contributed by atoms with Crippen LogP contribution in [0.2, 0.25) is 0 Å². The van der Waals surface area contributed by atoms with Gasteiger partial charge in [-0.25, -0.2) is 4.79 Å². The van der Waals surface area contributed by atoms with Crippen LogP contribution in [0.3, 0.4) is 0 Å². The topological polar surface area (TPSA) is 55.0 Å². The second-order valence-corrected chi connectivity index (χ2v) is 4.11. The Hall–Kier alpha value is -2.10. The van der Waals surface area contributed by atoms with E-state index in [1.165, 1.54) is 0 Å². The van der Waals surface area contributed by atoms with E-state index in [0.717, 1.165) is 22.5 Å². The molecular formula is C14H16N2O2. The summed E-state index contributed by atoms with van der Waals surface area (Å²) in [6.07, 6.45) is 0. The summed E-state index contributed by atoms with van der Waals surface area (Å²) >= 11 is 0. The molecule has 2 aromatic rings. The molecule has 0 unspecified atom stereocenters. The van der Waals surface area contributed by atoms with E-state index in [4.69, 9.17) is 4.74 Å². The van der Waals surface area contributed by atoms with Gasteiger partial charge in [0.05, 0.1) is 17.9 Å². The fourth-order valence-corrected chi connectivity index (χ4v) is 1.96. The first-order valence-corrected chi connectivity index (χ1v) is 5.92. The number of carbonyl (C=O) groups excluding carboxylic acids is 1. The Balaban J connectivity index is 2.31. The highest BCUT2D eigenvalue weighted by Gasteiger charge is 2.10. The average molecular weight is 244 g/mol. The fourth-order valence-electron chi connectivity index (χ4n) is 1.96. The van der Waals surface area contributed by atoms with Crippen molar-refractivity contribution in [3.05, 3.63) is 41.2 Å². The van der Waals surface area contributed by atoms with Crippen LogP contribution in [0.1, 0.15) is 28.7 Å². The number of hydrogen-bond donors (Lipinski definition) is 1. The minimum atomic E-state index is -0.287. The van der Waals surface area contributed by atoms with Gasteiger partial charge >= 0.3 is 5.97 Å². The molecule has 0 bridgehead atoms. The summed E-state index contributed by atoms with van der Waals surface area (Å²) in [7, 11) is 0. The van der Waals surface area contributed by atoms with Crippen LogP contribution in [0.25, 0.3) is 11.1 Å². The van der Waals surface area contributed by atoms with Crippen molar-refractivity contribution in [1.29, 1.82) is 0 Å². The normalized spacial score (nSPS) is 10.4. The first-order valence-electron chi connectivity index (χ1n) is 5.92. The molecule has 94 valence electrons. The Morgan fingerprint density at radius 1 is 1.28 bits per heavy atom. The van der Waals surface area contributed by atoms with Crippen LogP contribution < -0.4 is 0 Å². The lowest BCUT2D eigenvalue weighted by Crippen LogP contribution is -2.04. The molecule has 2 rings (SSSR count). The maximum Gasteiger partial charge on any atom is 0.338 e. The summed E-state index contributed by atoms with van der Waals surface area (Å²) in [6, 6.07) is 7.38. The largest absolute Gasteiger partial charge is 0.462 e. The number of aromatic amines is 1. The second-order valence-electron chi connectivity index (χ2n) is 4.11. The maximum absolute atomic E-state index is 11.5. The van der Waals surface area contributed by atoms with Gasteiger partial charge in [-0.15, -0.1) is 0 Å². The van der Waals surface area contributed by atoms with Gasteiger partial charge < -0.3 is 4.74 Å². The van der Waals surface area contributed by atoms with Crippen molar-refractivity contribution in [1.82, 2.24) is 10.2 Å². The minimum absolute atomic E-state index is 0.287. The van der Waals surface area contributed by atoms with E-state index in [1.54, 1.807) is 19.1 Å². The van der Waals surface area contributed by atoms with E-state index >= 15 is 0 Å². The summed E-state index contributed by atoms with van der Waals surface area (Å²) < 4.78 is 4.95. The van der Waals surface area contributed by atoms with E-state index < -0.39 is 0 Å². The third-order valence-electron chi connectivity index (χ3n) is 2.81. The second kappa shape index (κ2) is 5.04. The number of ether oxygens (including phenoxy) is 1. The lowest BCUT2D eigenvalue weighted by molar-refractivity contribution is 0.0526. The zero-order valence-electron chi connectivity index (χ0n) is 10.8. The molecule has 0 fully saturated rings. The third kappa shape index (κ3) is 2.27. The van der Waals surface area contributed by atoms with Gasteiger partial charge in [-0.3, -0.25) is 5.10 Å². The number of carbonyl (C=O) groups is 1. The van der Waals surface area contributed by atoms with Crippen molar-refractivity contribution >= 4 is 5.97 Å². The molecule has 0 amide bonds. The number of nitrogens with one attached hydrogen (secondary N) is 1. The van der Waals surface area contributed by atoms with Gasteiger partial charge in [0.25, 0.3) is 0 Å². The van der Waals surface area contributed by atoms with Crippen LogP contribution >= 0.6 is 0 Å². The van der Waals surface area contributed by atoms with Crippen LogP contribution in [0, 0.1) is 13.8 Å². The lowest BCUT2D eigenvalue weighted by Gasteiger charge is -2.04. The molecule has 4 heteroatoms. The molecule has 0 aliphatic rings. The molecule has 1 heterocycles. The number of benzene rings is 1. The van der Waals surface area contributed by atoms with Gasteiger partial charge in [0, 0.05) is 11.3 Å². The van der Waals surface area contributed by atoms with E-state index in [-0.39, 0.29) is 5.97 Å². The predicted octanol–water partition coefficient (Wildman–Crippen LogP) is 2.87. The standard InChI is InChI=1S/C14H16N2O2/c1-4-18-14(17)12-7-5-11(6-8-12)13-9(2)15-16-10(13)3/h5-8H,4H2,1-3H3,(H,15,16). The van der Waals surface area contributed by atoms with Crippen LogP contribution in [0.4, 0.5) is 0 Å². The van der Waals surface area contributed by atoms with Crippen LogP contribution in [-0.4, -0.2) is 22.8 Å². The number of aryl methyl sites for hydroxylation is 2. The van der Waals surface area contributed by atoms with Crippen molar-refractivity contribution in [2.24, 2.45) is 0 Å². The van der Waals surface area contributed by atoms with Crippen molar-refractivity contribution in [2.75, 3.05) is 6.61 Å². The Labute approximate surface area is 106 Å². The van der Waals surface area contributed by atoms with Crippen molar-refractivity contribution in [2.45, 2.75) is 20.8 Å². The summed E-state index contributed by atoms with van der Waals surface area (Å²) in [5.74, 6) is -0.287. The summed E-state index contributed by atoms with van der Waals surface area (Å²) in [5, 5.41) is 7.11. The third-order valence-corrected chi connectivity index (χ3v) is 2.81. The van der Waals surface area contributed by atoms with Crippen LogP contribution in [0.15, 0.2) is 24.3 Å². The summed E-state index contributed by atoms with van der Waals surface area (Å²) in [4.78, 5) is 11.5. The Morgan fingerprint density at radius 3 is 2.44 bits per heavy atom. The van der Waals surface area contributed by atoms with Crippen molar-refractivity contribution < 1.29 is 9.53 Å². The Bertz CT molecular complexity index is 536. The molecule has 0 saturated carbocycles. The molecule has 0 radical (unpaired) electrons. The molecule has 4 nitrogen and oxygen atoms in total. The molecule has 18 heavy (non-hydrogen) atoms. The van der Waals surface area contributed by atoms with Gasteiger partial charge in [-0.2, -0.15) is 5.10 Å². The molecule has 0 aliphatic heterocycles. The summed E-state index contributed by atoms with van der Waals surface area (Å²) in [5.41, 5.74) is 4.68. The number of aromatic nitrogens is 2. The smallest absolute Gasteiger partial charge is 0.338 e. The van der Waals surface area contributed by atoms with Gasteiger partial charge in [-0.1, -0.05) is 12.1 Å². The molecule has 0 atom stereocenters. The summed E-state index contributed by atoms with van der Waals surface area (Å²) in [6.45, 7) is 6.12.